The number of nitrogen functional groups attached to an aromatic ring is 1. The van der Waals surface area contributed by atoms with Crippen LogP contribution in [0.25, 0.3) is 22.3 Å². The molecule has 0 radical (unpaired) electrons. The molecule has 0 aliphatic carbocycles. The minimum Gasteiger partial charge on any atom is -0.497 e. The lowest BCUT2D eigenvalue weighted by molar-refractivity contribution is 0.415. The second kappa shape index (κ2) is 6.78. The third-order valence-corrected chi connectivity index (χ3v) is 4.08. The maximum atomic E-state index is 9.58. The van der Waals surface area contributed by atoms with Gasteiger partial charge in [0, 0.05) is 11.1 Å². The fourth-order valence-electron chi connectivity index (χ4n) is 2.79. The highest BCUT2D eigenvalue weighted by Crippen LogP contribution is 2.37. The van der Waals surface area contributed by atoms with Gasteiger partial charge in [-0.2, -0.15) is 10.5 Å². The van der Waals surface area contributed by atoms with Crippen LogP contribution in [0.5, 0.6) is 5.75 Å². The number of nitriles is 2. The van der Waals surface area contributed by atoms with Crippen LogP contribution in [0.1, 0.15) is 11.1 Å². The number of benzene rings is 3. The van der Waals surface area contributed by atoms with E-state index in [-0.39, 0.29) is 5.69 Å². The topological polar surface area (TPSA) is 82.8 Å². The summed E-state index contributed by atoms with van der Waals surface area (Å²) in [5.74, 6) is 0.729. The number of methoxy groups -OCH3 is 1. The number of hydrogen-bond donors (Lipinski definition) is 1. The molecule has 4 nitrogen and oxygen atoms in total. The van der Waals surface area contributed by atoms with Gasteiger partial charge in [-0.3, -0.25) is 0 Å². The summed E-state index contributed by atoms with van der Waals surface area (Å²) in [6.45, 7) is 0. The molecule has 3 aromatic rings. The molecule has 0 aliphatic heterocycles. The number of ether oxygens (including phenoxy) is 1. The van der Waals surface area contributed by atoms with Crippen LogP contribution < -0.4 is 10.5 Å². The van der Waals surface area contributed by atoms with E-state index in [9.17, 15) is 10.5 Å². The molecule has 0 unspecified atom stereocenters. The molecule has 0 saturated carbocycles. The van der Waals surface area contributed by atoms with Crippen molar-refractivity contribution in [3.05, 3.63) is 71.8 Å². The van der Waals surface area contributed by atoms with Gasteiger partial charge in [0.1, 0.15) is 17.9 Å². The zero-order valence-electron chi connectivity index (χ0n) is 13.7. The average Bonchev–Trinajstić information content (AvgIpc) is 2.68. The van der Waals surface area contributed by atoms with Crippen LogP contribution in [-0.4, -0.2) is 7.11 Å². The van der Waals surface area contributed by atoms with Crippen LogP contribution in [0.2, 0.25) is 0 Å². The molecule has 0 heterocycles. The lowest BCUT2D eigenvalue weighted by Gasteiger charge is -2.14. The normalized spacial score (nSPS) is 9.88. The Labute approximate surface area is 146 Å². The minimum atomic E-state index is 0.206. The Bertz CT molecular complexity index is 995. The number of anilines is 1. The van der Waals surface area contributed by atoms with Gasteiger partial charge in [-0.1, -0.05) is 42.5 Å². The molecule has 3 aromatic carbocycles. The quantitative estimate of drug-likeness (QED) is 0.725. The van der Waals surface area contributed by atoms with Crippen molar-refractivity contribution in [1.29, 1.82) is 10.5 Å². The summed E-state index contributed by atoms with van der Waals surface area (Å²) in [5, 5.41) is 19.1. The van der Waals surface area contributed by atoms with Crippen molar-refractivity contribution in [2.75, 3.05) is 12.8 Å². The number of rotatable bonds is 3. The smallest absolute Gasteiger partial charge is 0.118 e. The molecule has 0 bridgehead atoms. The monoisotopic (exact) mass is 325 g/mol. The number of hydrogen-bond acceptors (Lipinski definition) is 4. The lowest BCUT2D eigenvalue weighted by Crippen LogP contribution is -2.00. The Balaban J connectivity index is 2.30. The van der Waals surface area contributed by atoms with E-state index in [0.29, 0.717) is 22.3 Å². The predicted octanol–water partition coefficient (Wildman–Crippen LogP) is 4.35. The first-order valence-electron chi connectivity index (χ1n) is 7.66. The van der Waals surface area contributed by atoms with E-state index in [1.165, 1.54) is 0 Å². The van der Waals surface area contributed by atoms with Gasteiger partial charge in [-0.05, 0) is 29.3 Å². The van der Waals surface area contributed by atoms with Gasteiger partial charge in [0.05, 0.1) is 23.9 Å². The Morgan fingerprint density at radius 3 is 1.80 bits per heavy atom. The first-order valence-corrected chi connectivity index (χ1v) is 7.66. The second-order valence-corrected chi connectivity index (χ2v) is 5.45. The van der Waals surface area contributed by atoms with E-state index < -0.39 is 0 Å². The predicted molar refractivity (Wildman–Crippen MR) is 97.7 cm³/mol. The maximum Gasteiger partial charge on any atom is 0.118 e. The van der Waals surface area contributed by atoms with Crippen LogP contribution in [0.3, 0.4) is 0 Å². The second-order valence-electron chi connectivity index (χ2n) is 5.45. The molecule has 0 atom stereocenters. The standard InChI is InChI=1S/C21H15N3O/c1-25-16-9-7-15(8-10-16)18-11-17(14-5-3-2-4-6-14)19(12-22)21(24)20(18)13-23/h2-11H,24H2,1H3. The lowest BCUT2D eigenvalue weighted by atomic mass is 9.89. The Kier molecular flexibility index (Phi) is 4.37. The van der Waals surface area contributed by atoms with Crippen molar-refractivity contribution in [2.45, 2.75) is 0 Å². The third kappa shape index (κ3) is 2.89. The summed E-state index contributed by atoms with van der Waals surface area (Å²) in [6, 6.07) is 23.1. The highest BCUT2D eigenvalue weighted by molar-refractivity contribution is 5.89. The SMILES string of the molecule is COc1ccc(-c2cc(-c3ccccc3)c(C#N)c(N)c2C#N)cc1. The molecule has 0 aliphatic rings. The van der Waals surface area contributed by atoms with Gasteiger partial charge in [-0.15, -0.1) is 0 Å². The zero-order chi connectivity index (χ0) is 17.8. The molecule has 0 saturated heterocycles. The van der Waals surface area contributed by atoms with E-state index in [1.54, 1.807) is 7.11 Å². The molecular formula is C21H15N3O. The largest absolute Gasteiger partial charge is 0.497 e. The molecular weight excluding hydrogens is 310 g/mol. The van der Waals surface area contributed by atoms with Crippen molar-refractivity contribution < 1.29 is 4.74 Å². The van der Waals surface area contributed by atoms with Gasteiger partial charge in [0.2, 0.25) is 0 Å². The molecule has 25 heavy (non-hydrogen) atoms. The Morgan fingerprint density at radius 1 is 0.800 bits per heavy atom. The van der Waals surface area contributed by atoms with Crippen molar-refractivity contribution in [1.82, 2.24) is 0 Å². The van der Waals surface area contributed by atoms with E-state index in [0.717, 1.165) is 16.9 Å². The van der Waals surface area contributed by atoms with Gasteiger partial charge in [-0.25, -0.2) is 0 Å². The summed E-state index contributed by atoms with van der Waals surface area (Å²) in [6.07, 6.45) is 0. The Hall–Kier alpha value is -3.76. The van der Waals surface area contributed by atoms with E-state index in [1.807, 2.05) is 60.7 Å². The van der Waals surface area contributed by atoms with Gasteiger partial charge >= 0.3 is 0 Å². The third-order valence-electron chi connectivity index (χ3n) is 4.08. The first kappa shape index (κ1) is 16.1. The van der Waals surface area contributed by atoms with E-state index in [4.69, 9.17) is 10.5 Å². The van der Waals surface area contributed by atoms with E-state index >= 15 is 0 Å². The van der Waals surface area contributed by atoms with Crippen molar-refractivity contribution >= 4 is 5.69 Å². The summed E-state index contributed by atoms with van der Waals surface area (Å²) >= 11 is 0. The molecule has 4 heteroatoms. The van der Waals surface area contributed by atoms with E-state index in [2.05, 4.69) is 12.1 Å². The summed E-state index contributed by atoms with van der Waals surface area (Å²) < 4.78 is 5.18. The molecule has 0 aromatic heterocycles. The minimum absolute atomic E-state index is 0.206. The fraction of sp³-hybridized carbons (Fsp3) is 0.0476. The number of nitrogens with zero attached hydrogens (tertiary/aromatic N) is 2. The van der Waals surface area contributed by atoms with Gasteiger partial charge < -0.3 is 10.5 Å². The van der Waals surface area contributed by atoms with Crippen LogP contribution in [0.15, 0.2) is 60.7 Å². The van der Waals surface area contributed by atoms with Crippen LogP contribution in [0, 0.1) is 22.7 Å². The molecule has 120 valence electrons. The Morgan fingerprint density at radius 2 is 1.32 bits per heavy atom. The summed E-state index contributed by atoms with van der Waals surface area (Å²) in [4.78, 5) is 0. The van der Waals surface area contributed by atoms with Crippen molar-refractivity contribution in [2.24, 2.45) is 0 Å². The van der Waals surface area contributed by atoms with Gasteiger partial charge in [0.25, 0.3) is 0 Å². The number of nitrogens with two attached hydrogens (primary N) is 1. The zero-order valence-corrected chi connectivity index (χ0v) is 13.7. The van der Waals surface area contributed by atoms with Gasteiger partial charge in [0.15, 0.2) is 0 Å². The molecule has 2 N–H and O–H groups in total. The van der Waals surface area contributed by atoms with Crippen LogP contribution >= 0.6 is 0 Å². The van der Waals surface area contributed by atoms with Crippen molar-refractivity contribution in [3.63, 3.8) is 0 Å². The van der Waals surface area contributed by atoms with Crippen molar-refractivity contribution in [3.8, 4) is 40.1 Å². The van der Waals surface area contributed by atoms with Crippen LogP contribution in [0.4, 0.5) is 5.69 Å². The van der Waals surface area contributed by atoms with Crippen LogP contribution in [-0.2, 0) is 0 Å². The average molecular weight is 325 g/mol. The summed E-state index contributed by atoms with van der Waals surface area (Å²) in [7, 11) is 1.60. The molecule has 0 amide bonds. The fourth-order valence-corrected chi connectivity index (χ4v) is 2.79. The molecule has 3 rings (SSSR count). The molecule has 0 spiro atoms. The first-order chi connectivity index (χ1) is 12.2. The highest BCUT2D eigenvalue weighted by atomic mass is 16.5. The molecule has 0 fully saturated rings. The highest BCUT2D eigenvalue weighted by Gasteiger charge is 2.18. The maximum absolute atomic E-state index is 9.58. The summed E-state index contributed by atoms with van der Waals surface area (Å²) in [5.41, 5.74) is 10.1.